The smallest absolute Gasteiger partial charge is 0.261 e. The van der Waals surface area contributed by atoms with E-state index >= 15 is 0 Å². The molecule has 1 aromatic heterocycles. The summed E-state index contributed by atoms with van der Waals surface area (Å²) in [6, 6.07) is 9.71. The zero-order chi connectivity index (χ0) is 15.5. The lowest BCUT2D eigenvalue weighted by molar-refractivity contribution is 0.0731. The Morgan fingerprint density at radius 1 is 1.18 bits per heavy atom. The van der Waals surface area contributed by atoms with E-state index in [4.69, 9.17) is 9.47 Å². The van der Waals surface area contributed by atoms with Crippen molar-refractivity contribution >= 4 is 17.2 Å². The Labute approximate surface area is 134 Å². The molecular weight excluding hydrogens is 298 g/mol. The first kappa shape index (κ1) is 14.9. The van der Waals surface area contributed by atoms with Gasteiger partial charge in [0.1, 0.15) is 17.1 Å². The van der Waals surface area contributed by atoms with E-state index < -0.39 is 0 Å². The fourth-order valence-electron chi connectivity index (χ4n) is 2.99. The van der Waals surface area contributed by atoms with Gasteiger partial charge in [-0.3, -0.25) is 4.79 Å². The molecule has 1 aliphatic heterocycles. The largest absolute Gasteiger partial charge is 0.496 e. The zero-order valence-electron chi connectivity index (χ0n) is 12.7. The van der Waals surface area contributed by atoms with Crippen molar-refractivity contribution in [3.8, 4) is 11.5 Å². The number of methoxy groups -OCH3 is 2. The molecule has 2 heterocycles. The number of thiophene rings is 1. The normalized spacial score (nSPS) is 17.5. The van der Waals surface area contributed by atoms with Crippen molar-refractivity contribution in [3.63, 3.8) is 0 Å². The second-order valence-electron chi connectivity index (χ2n) is 5.21. The minimum atomic E-state index is -0.0230. The third kappa shape index (κ3) is 2.57. The first-order chi connectivity index (χ1) is 10.8. The third-order valence-electron chi connectivity index (χ3n) is 4.03. The number of carbonyl (C=O) groups excluding carboxylic acids is 1. The molecule has 22 heavy (non-hydrogen) atoms. The van der Waals surface area contributed by atoms with Crippen LogP contribution in [0.15, 0.2) is 35.7 Å². The number of amides is 1. The van der Waals surface area contributed by atoms with Crippen LogP contribution in [0.25, 0.3) is 0 Å². The SMILES string of the molecule is COc1cccc(OC)c1C(=O)N1CCC[C@H]1c1cccs1. The average Bonchev–Trinajstić information content (AvgIpc) is 3.23. The van der Waals surface area contributed by atoms with Crippen LogP contribution in [0.3, 0.4) is 0 Å². The summed E-state index contributed by atoms with van der Waals surface area (Å²) in [7, 11) is 3.15. The summed E-state index contributed by atoms with van der Waals surface area (Å²) in [5, 5.41) is 2.06. The minimum Gasteiger partial charge on any atom is -0.496 e. The molecule has 4 nitrogen and oxygen atoms in total. The van der Waals surface area contributed by atoms with E-state index in [0.717, 1.165) is 19.4 Å². The van der Waals surface area contributed by atoms with Crippen molar-refractivity contribution in [1.29, 1.82) is 0 Å². The number of rotatable bonds is 4. The lowest BCUT2D eigenvalue weighted by Crippen LogP contribution is -2.30. The standard InChI is InChI=1S/C17H19NO3S/c1-20-13-7-3-8-14(21-2)16(13)17(19)18-10-4-6-12(18)15-9-5-11-22-15/h3,5,7-9,11-12H,4,6,10H2,1-2H3/t12-/m0/s1. The van der Waals surface area contributed by atoms with E-state index in [-0.39, 0.29) is 11.9 Å². The van der Waals surface area contributed by atoms with E-state index in [0.29, 0.717) is 17.1 Å². The number of ether oxygens (including phenoxy) is 2. The predicted molar refractivity (Wildman–Crippen MR) is 86.9 cm³/mol. The van der Waals surface area contributed by atoms with E-state index in [1.165, 1.54) is 4.88 Å². The monoisotopic (exact) mass is 317 g/mol. The lowest BCUT2D eigenvalue weighted by atomic mass is 10.1. The van der Waals surface area contributed by atoms with E-state index in [2.05, 4.69) is 11.4 Å². The van der Waals surface area contributed by atoms with Crippen molar-refractivity contribution in [2.45, 2.75) is 18.9 Å². The van der Waals surface area contributed by atoms with Crippen molar-refractivity contribution in [1.82, 2.24) is 4.90 Å². The Kier molecular flexibility index (Phi) is 4.34. The molecule has 0 saturated carbocycles. The molecule has 2 aromatic rings. The van der Waals surface area contributed by atoms with Gasteiger partial charge in [-0.15, -0.1) is 11.3 Å². The molecule has 1 atom stereocenters. The molecule has 5 heteroatoms. The molecule has 116 valence electrons. The van der Waals surface area contributed by atoms with Gasteiger partial charge in [0.05, 0.1) is 20.3 Å². The maximum atomic E-state index is 13.1. The maximum Gasteiger partial charge on any atom is 0.261 e. The summed E-state index contributed by atoms with van der Waals surface area (Å²) < 4.78 is 10.7. The lowest BCUT2D eigenvalue weighted by Gasteiger charge is -2.25. The topological polar surface area (TPSA) is 38.8 Å². The fraction of sp³-hybridized carbons (Fsp3) is 0.353. The Morgan fingerprint density at radius 3 is 2.50 bits per heavy atom. The number of benzene rings is 1. The van der Waals surface area contributed by atoms with Crippen LogP contribution < -0.4 is 9.47 Å². The van der Waals surface area contributed by atoms with Crippen LogP contribution in [0, 0.1) is 0 Å². The molecule has 1 amide bonds. The summed E-state index contributed by atoms with van der Waals surface area (Å²) in [4.78, 5) is 16.3. The Bertz CT molecular complexity index is 632. The molecule has 0 radical (unpaired) electrons. The van der Waals surface area contributed by atoms with Gasteiger partial charge in [0.15, 0.2) is 0 Å². The molecule has 1 fully saturated rings. The highest BCUT2D eigenvalue weighted by Gasteiger charge is 2.33. The van der Waals surface area contributed by atoms with Crippen LogP contribution in [0.5, 0.6) is 11.5 Å². The highest BCUT2D eigenvalue weighted by Crippen LogP contribution is 2.38. The molecule has 0 N–H and O–H groups in total. The van der Waals surface area contributed by atoms with Gasteiger partial charge in [-0.1, -0.05) is 12.1 Å². The van der Waals surface area contributed by atoms with Crippen LogP contribution in [0.4, 0.5) is 0 Å². The number of hydrogen-bond acceptors (Lipinski definition) is 4. The van der Waals surface area contributed by atoms with Gasteiger partial charge in [0, 0.05) is 11.4 Å². The summed E-state index contributed by atoms with van der Waals surface area (Å²) in [6.45, 7) is 0.766. The van der Waals surface area contributed by atoms with Crippen LogP contribution in [-0.4, -0.2) is 31.6 Å². The highest BCUT2D eigenvalue weighted by atomic mass is 32.1. The van der Waals surface area contributed by atoms with Gasteiger partial charge in [0.2, 0.25) is 0 Å². The third-order valence-corrected chi connectivity index (χ3v) is 5.00. The maximum absolute atomic E-state index is 13.1. The summed E-state index contributed by atoms with van der Waals surface area (Å²) in [5.74, 6) is 1.09. The van der Waals surface area contributed by atoms with Crippen molar-refractivity contribution in [2.24, 2.45) is 0 Å². The van der Waals surface area contributed by atoms with Gasteiger partial charge >= 0.3 is 0 Å². The number of nitrogens with zero attached hydrogens (tertiary/aromatic N) is 1. The van der Waals surface area contributed by atoms with Crippen LogP contribution in [0.1, 0.15) is 34.1 Å². The first-order valence-corrected chi connectivity index (χ1v) is 8.19. The van der Waals surface area contributed by atoms with E-state index in [1.54, 1.807) is 37.7 Å². The van der Waals surface area contributed by atoms with Crippen molar-refractivity contribution in [3.05, 3.63) is 46.2 Å². The van der Waals surface area contributed by atoms with E-state index in [9.17, 15) is 4.79 Å². The summed E-state index contributed by atoms with van der Waals surface area (Å²) in [5.41, 5.74) is 0.510. The number of hydrogen-bond donors (Lipinski definition) is 0. The average molecular weight is 317 g/mol. The molecule has 1 aliphatic rings. The Hall–Kier alpha value is -2.01. The van der Waals surface area contributed by atoms with Gasteiger partial charge in [0.25, 0.3) is 5.91 Å². The summed E-state index contributed by atoms with van der Waals surface area (Å²) >= 11 is 1.70. The molecule has 0 unspecified atom stereocenters. The number of carbonyl (C=O) groups is 1. The quantitative estimate of drug-likeness (QED) is 0.862. The van der Waals surface area contributed by atoms with Gasteiger partial charge in [-0.25, -0.2) is 0 Å². The van der Waals surface area contributed by atoms with Gasteiger partial charge in [-0.05, 0) is 36.4 Å². The molecule has 0 bridgehead atoms. The number of likely N-dealkylation sites (tertiary alicyclic amines) is 1. The second-order valence-corrected chi connectivity index (χ2v) is 6.19. The second kappa shape index (κ2) is 6.40. The molecule has 0 spiro atoms. The Balaban J connectivity index is 1.97. The minimum absolute atomic E-state index is 0.0230. The zero-order valence-corrected chi connectivity index (χ0v) is 13.6. The molecule has 0 aliphatic carbocycles. The molecule has 1 aromatic carbocycles. The van der Waals surface area contributed by atoms with E-state index in [1.807, 2.05) is 17.0 Å². The van der Waals surface area contributed by atoms with Crippen molar-refractivity contribution < 1.29 is 14.3 Å². The van der Waals surface area contributed by atoms with Crippen LogP contribution >= 0.6 is 11.3 Å². The Morgan fingerprint density at radius 2 is 1.91 bits per heavy atom. The first-order valence-electron chi connectivity index (χ1n) is 7.31. The summed E-state index contributed by atoms with van der Waals surface area (Å²) in [6.07, 6.45) is 2.02. The van der Waals surface area contributed by atoms with Crippen LogP contribution in [0.2, 0.25) is 0 Å². The van der Waals surface area contributed by atoms with Crippen LogP contribution in [-0.2, 0) is 0 Å². The van der Waals surface area contributed by atoms with Gasteiger partial charge < -0.3 is 14.4 Å². The van der Waals surface area contributed by atoms with Crippen molar-refractivity contribution in [2.75, 3.05) is 20.8 Å². The highest BCUT2D eigenvalue weighted by molar-refractivity contribution is 7.10. The predicted octanol–water partition coefficient (Wildman–Crippen LogP) is 3.74. The van der Waals surface area contributed by atoms with Gasteiger partial charge in [-0.2, -0.15) is 0 Å². The fourth-order valence-corrected chi connectivity index (χ4v) is 3.87. The molecule has 1 saturated heterocycles. The molecular formula is C17H19NO3S. The molecule has 3 rings (SSSR count).